The Hall–Kier alpha value is -1.05. The third-order valence-electron chi connectivity index (χ3n) is 2.51. The number of nitrogens with zero attached hydrogens (tertiary/aromatic N) is 1. The molecule has 1 aromatic rings. The van der Waals surface area contributed by atoms with Gasteiger partial charge in [-0.15, -0.1) is 0 Å². The number of hydrogen-bond donors (Lipinski definition) is 0. The van der Waals surface area contributed by atoms with Gasteiger partial charge in [0.1, 0.15) is 0 Å². The normalized spacial score (nSPS) is 18.3. The van der Waals surface area contributed by atoms with E-state index in [1.165, 1.54) is 12.8 Å². The van der Waals surface area contributed by atoms with Gasteiger partial charge in [0.15, 0.2) is 0 Å². The second-order valence-corrected chi connectivity index (χ2v) is 3.31. The second kappa shape index (κ2) is 3.13. The predicted molar refractivity (Wildman–Crippen MR) is 47.0 cm³/mol. The van der Waals surface area contributed by atoms with Crippen molar-refractivity contribution in [1.29, 1.82) is 0 Å². The van der Waals surface area contributed by atoms with Crippen molar-refractivity contribution in [2.24, 2.45) is 0 Å². The van der Waals surface area contributed by atoms with Crippen molar-refractivity contribution in [3.05, 3.63) is 34.7 Å². The summed E-state index contributed by atoms with van der Waals surface area (Å²) < 4.78 is 1.81. The molecule has 12 heavy (non-hydrogen) atoms. The van der Waals surface area contributed by atoms with Crippen LogP contribution in [0, 0.1) is 6.07 Å². The Morgan fingerprint density at radius 3 is 2.83 bits per heavy atom. The van der Waals surface area contributed by atoms with E-state index in [-0.39, 0.29) is 5.56 Å². The minimum Gasteiger partial charge on any atom is -0.312 e. The Balaban J connectivity index is 2.32. The first-order valence-electron chi connectivity index (χ1n) is 4.46. The molecule has 2 rings (SSSR count). The van der Waals surface area contributed by atoms with Gasteiger partial charge in [-0.25, -0.2) is 0 Å². The highest BCUT2D eigenvalue weighted by atomic mass is 16.1. The van der Waals surface area contributed by atoms with E-state index < -0.39 is 0 Å². The predicted octanol–water partition coefficient (Wildman–Crippen LogP) is 1.76. The molecule has 0 saturated heterocycles. The lowest BCUT2D eigenvalue weighted by atomic mass is 10.2. The Labute approximate surface area is 71.8 Å². The van der Waals surface area contributed by atoms with Gasteiger partial charge in [-0.2, -0.15) is 0 Å². The van der Waals surface area contributed by atoms with E-state index in [0.717, 1.165) is 12.8 Å². The summed E-state index contributed by atoms with van der Waals surface area (Å²) in [5, 5.41) is 0. The van der Waals surface area contributed by atoms with Gasteiger partial charge >= 0.3 is 0 Å². The van der Waals surface area contributed by atoms with Crippen LogP contribution in [0.3, 0.4) is 0 Å². The van der Waals surface area contributed by atoms with Crippen LogP contribution in [0.5, 0.6) is 0 Å². The fourth-order valence-electron chi connectivity index (χ4n) is 1.86. The summed E-state index contributed by atoms with van der Waals surface area (Å²) in [4.78, 5) is 11.3. The van der Waals surface area contributed by atoms with E-state index in [1.54, 1.807) is 18.3 Å². The van der Waals surface area contributed by atoms with E-state index in [9.17, 15) is 4.79 Å². The molecule has 0 spiro atoms. The molecule has 1 aromatic heterocycles. The molecule has 63 valence electrons. The molecule has 1 heterocycles. The Morgan fingerprint density at radius 1 is 1.42 bits per heavy atom. The van der Waals surface area contributed by atoms with Gasteiger partial charge in [0.2, 0.25) is 0 Å². The van der Waals surface area contributed by atoms with E-state index in [2.05, 4.69) is 6.07 Å². The van der Waals surface area contributed by atoms with Crippen molar-refractivity contribution >= 4 is 0 Å². The lowest BCUT2D eigenvalue weighted by molar-refractivity contribution is 0.502. The number of pyridine rings is 1. The molecular formula is C10H12NO. The van der Waals surface area contributed by atoms with Crippen molar-refractivity contribution in [2.45, 2.75) is 31.7 Å². The van der Waals surface area contributed by atoms with Gasteiger partial charge in [-0.05, 0) is 25.0 Å². The highest BCUT2D eigenvalue weighted by Gasteiger charge is 2.16. The highest BCUT2D eigenvalue weighted by molar-refractivity contribution is 4.94. The van der Waals surface area contributed by atoms with E-state index in [1.807, 2.05) is 4.57 Å². The summed E-state index contributed by atoms with van der Waals surface area (Å²) in [6, 6.07) is 6.64. The van der Waals surface area contributed by atoms with Gasteiger partial charge in [-0.3, -0.25) is 4.79 Å². The van der Waals surface area contributed by atoms with Crippen molar-refractivity contribution in [3.8, 4) is 0 Å². The number of hydrogen-bond acceptors (Lipinski definition) is 1. The van der Waals surface area contributed by atoms with Crippen LogP contribution in [0.15, 0.2) is 23.1 Å². The van der Waals surface area contributed by atoms with Crippen molar-refractivity contribution < 1.29 is 0 Å². The molecule has 0 atom stereocenters. The quantitative estimate of drug-likeness (QED) is 0.616. The molecule has 1 aliphatic carbocycles. The zero-order valence-electron chi connectivity index (χ0n) is 6.99. The monoisotopic (exact) mass is 162 g/mol. The van der Waals surface area contributed by atoms with E-state index in [0.29, 0.717) is 6.04 Å². The highest BCUT2D eigenvalue weighted by Crippen LogP contribution is 2.27. The molecule has 0 aromatic carbocycles. The molecule has 1 radical (unpaired) electrons. The lowest BCUT2D eigenvalue weighted by Gasteiger charge is -2.11. The van der Waals surface area contributed by atoms with Gasteiger partial charge in [0, 0.05) is 18.3 Å². The smallest absolute Gasteiger partial charge is 0.250 e. The minimum absolute atomic E-state index is 0.112. The van der Waals surface area contributed by atoms with Crippen molar-refractivity contribution in [2.75, 3.05) is 0 Å². The first-order chi connectivity index (χ1) is 5.88. The lowest BCUT2D eigenvalue weighted by Crippen LogP contribution is -2.21. The average molecular weight is 162 g/mol. The molecule has 2 nitrogen and oxygen atoms in total. The van der Waals surface area contributed by atoms with Crippen LogP contribution < -0.4 is 5.56 Å². The summed E-state index contributed by atoms with van der Waals surface area (Å²) in [5.41, 5.74) is 0.112. The summed E-state index contributed by atoms with van der Waals surface area (Å²) in [6.07, 6.45) is 6.59. The second-order valence-electron chi connectivity index (χ2n) is 3.31. The van der Waals surface area contributed by atoms with Gasteiger partial charge < -0.3 is 4.57 Å². The van der Waals surface area contributed by atoms with Crippen LogP contribution in [0.25, 0.3) is 0 Å². The summed E-state index contributed by atoms with van der Waals surface area (Å²) in [7, 11) is 0. The average Bonchev–Trinajstić information content (AvgIpc) is 2.57. The Morgan fingerprint density at radius 2 is 2.17 bits per heavy atom. The molecule has 0 N–H and O–H groups in total. The molecule has 1 saturated carbocycles. The third kappa shape index (κ3) is 1.29. The molecule has 0 aliphatic heterocycles. The van der Waals surface area contributed by atoms with Crippen LogP contribution in [0.1, 0.15) is 31.7 Å². The maximum atomic E-state index is 11.3. The van der Waals surface area contributed by atoms with Gasteiger partial charge in [0.25, 0.3) is 5.56 Å². The van der Waals surface area contributed by atoms with Crippen molar-refractivity contribution in [3.63, 3.8) is 0 Å². The van der Waals surface area contributed by atoms with Crippen LogP contribution in [0.2, 0.25) is 0 Å². The summed E-state index contributed by atoms with van der Waals surface area (Å²) >= 11 is 0. The zero-order valence-corrected chi connectivity index (χ0v) is 6.99. The van der Waals surface area contributed by atoms with Crippen LogP contribution >= 0.6 is 0 Å². The number of rotatable bonds is 1. The summed E-state index contributed by atoms with van der Waals surface area (Å²) in [6.45, 7) is 0. The molecule has 0 unspecified atom stereocenters. The van der Waals surface area contributed by atoms with Crippen LogP contribution in [0.4, 0.5) is 0 Å². The maximum absolute atomic E-state index is 11.3. The topological polar surface area (TPSA) is 22.0 Å². The molecule has 0 amide bonds. The fourth-order valence-corrected chi connectivity index (χ4v) is 1.86. The SMILES string of the molecule is O=c1cc[c]cn1C1CCCC1. The van der Waals surface area contributed by atoms with Gasteiger partial charge in [0.05, 0.1) is 0 Å². The van der Waals surface area contributed by atoms with Crippen LogP contribution in [-0.2, 0) is 0 Å². The molecule has 0 bridgehead atoms. The first-order valence-corrected chi connectivity index (χ1v) is 4.46. The molecule has 1 aliphatic rings. The number of aromatic nitrogens is 1. The van der Waals surface area contributed by atoms with Crippen LogP contribution in [-0.4, -0.2) is 4.57 Å². The van der Waals surface area contributed by atoms with E-state index in [4.69, 9.17) is 0 Å². The summed E-state index contributed by atoms with van der Waals surface area (Å²) in [5.74, 6) is 0. The van der Waals surface area contributed by atoms with E-state index >= 15 is 0 Å². The maximum Gasteiger partial charge on any atom is 0.250 e. The first kappa shape index (κ1) is 7.59. The largest absolute Gasteiger partial charge is 0.312 e. The zero-order chi connectivity index (χ0) is 8.39. The van der Waals surface area contributed by atoms with Gasteiger partial charge in [-0.1, -0.05) is 12.8 Å². The molecule has 2 heteroatoms. The minimum atomic E-state index is 0.112. The molecular weight excluding hydrogens is 150 g/mol. The Kier molecular flexibility index (Phi) is 1.98. The Bertz CT molecular complexity index is 310. The van der Waals surface area contributed by atoms with Crippen molar-refractivity contribution in [1.82, 2.24) is 4.57 Å². The fraction of sp³-hybridized carbons (Fsp3) is 0.500. The third-order valence-corrected chi connectivity index (χ3v) is 2.51. The molecule has 1 fully saturated rings. The standard InChI is InChI=1S/C10H12NO/c12-10-7-3-4-8-11(10)9-5-1-2-6-9/h3,7-9H,1-2,5-6H2.